The summed E-state index contributed by atoms with van der Waals surface area (Å²) >= 11 is 5.09. The number of likely N-dealkylation sites (tertiary alicyclic amines) is 1. The molecule has 5 heteroatoms. The number of nitrogens with zero attached hydrogens (tertiary/aromatic N) is 1. The van der Waals surface area contributed by atoms with Crippen molar-refractivity contribution in [1.29, 1.82) is 0 Å². The Labute approximate surface area is 124 Å². The van der Waals surface area contributed by atoms with E-state index < -0.39 is 0 Å². The number of hydrogen-bond donors (Lipinski definition) is 1. The van der Waals surface area contributed by atoms with Crippen molar-refractivity contribution in [2.45, 2.75) is 32.2 Å². The van der Waals surface area contributed by atoms with Gasteiger partial charge in [0.2, 0.25) is 0 Å². The monoisotopic (exact) mass is 292 g/mol. The molecule has 1 aliphatic heterocycles. The van der Waals surface area contributed by atoms with Gasteiger partial charge in [-0.2, -0.15) is 0 Å². The third-order valence-corrected chi connectivity index (χ3v) is 4.02. The van der Waals surface area contributed by atoms with E-state index in [2.05, 4.69) is 0 Å². The van der Waals surface area contributed by atoms with Gasteiger partial charge in [-0.15, -0.1) is 0 Å². The summed E-state index contributed by atoms with van der Waals surface area (Å²) in [6.45, 7) is 2.66. The number of aryl methyl sites for hydroxylation is 1. The van der Waals surface area contributed by atoms with E-state index in [9.17, 15) is 4.79 Å². The van der Waals surface area contributed by atoms with Gasteiger partial charge in [0.1, 0.15) is 5.75 Å². The highest BCUT2D eigenvalue weighted by Crippen LogP contribution is 2.23. The Hall–Kier alpha value is -1.62. The lowest BCUT2D eigenvalue weighted by Gasteiger charge is -2.35. The van der Waals surface area contributed by atoms with Gasteiger partial charge in [0.25, 0.3) is 5.91 Å². The van der Waals surface area contributed by atoms with E-state index in [1.54, 1.807) is 18.1 Å². The molecule has 1 aromatic carbocycles. The number of amides is 1. The summed E-state index contributed by atoms with van der Waals surface area (Å²) in [4.78, 5) is 14.8. The lowest BCUT2D eigenvalue weighted by Crippen LogP contribution is -2.49. The second kappa shape index (κ2) is 6.22. The zero-order valence-corrected chi connectivity index (χ0v) is 12.7. The second-order valence-electron chi connectivity index (χ2n) is 5.10. The maximum atomic E-state index is 12.6. The van der Waals surface area contributed by atoms with E-state index >= 15 is 0 Å². The van der Waals surface area contributed by atoms with Crippen LogP contribution in [0.5, 0.6) is 5.75 Å². The van der Waals surface area contributed by atoms with Crippen LogP contribution in [0.4, 0.5) is 0 Å². The fourth-order valence-electron chi connectivity index (χ4n) is 2.59. The fourth-order valence-corrected chi connectivity index (χ4v) is 2.83. The average molecular weight is 292 g/mol. The Morgan fingerprint density at radius 2 is 2.20 bits per heavy atom. The minimum absolute atomic E-state index is 0.0270. The summed E-state index contributed by atoms with van der Waals surface area (Å²) in [5.74, 6) is 0.695. The van der Waals surface area contributed by atoms with Crippen LogP contribution in [0.25, 0.3) is 0 Å². The zero-order chi connectivity index (χ0) is 14.7. The topological polar surface area (TPSA) is 55.6 Å². The first-order chi connectivity index (χ1) is 9.54. The lowest BCUT2D eigenvalue weighted by atomic mass is 10.0. The SMILES string of the molecule is COc1cc(C(=O)N2CCCCC2C(N)=S)ccc1C. The van der Waals surface area contributed by atoms with Crippen molar-refractivity contribution in [3.63, 3.8) is 0 Å². The van der Waals surface area contributed by atoms with E-state index in [1.807, 2.05) is 19.1 Å². The number of rotatable bonds is 3. The zero-order valence-electron chi connectivity index (χ0n) is 11.9. The molecule has 1 fully saturated rings. The number of carbonyl (C=O) groups is 1. The minimum Gasteiger partial charge on any atom is -0.496 e. The summed E-state index contributed by atoms with van der Waals surface area (Å²) in [5, 5.41) is 0. The van der Waals surface area contributed by atoms with Crippen LogP contribution in [0.3, 0.4) is 0 Å². The standard InChI is InChI=1S/C15H20N2O2S/c1-10-6-7-11(9-13(10)19-2)15(18)17-8-4-3-5-12(17)14(16)20/h6-7,9,12H,3-5,8H2,1-2H3,(H2,16,20). The molecule has 0 aliphatic carbocycles. The number of ether oxygens (including phenoxy) is 1. The Bertz CT molecular complexity index is 531. The highest BCUT2D eigenvalue weighted by atomic mass is 32.1. The van der Waals surface area contributed by atoms with Gasteiger partial charge in [-0.3, -0.25) is 4.79 Å². The van der Waals surface area contributed by atoms with Crippen LogP contribution in [-0.2, 0) is 0 Å². The fraction of sp³-hybridized carbons (Fsp3) is 0.467. The molecule has 1 amide bonds. The van der Waals surface area contributed by atoms with Gasteiger partial charge in [0, 0.05) is 12.1 Å². The number of nitrogens with two attached hydrogens (primary N) is 1. The highest BCUT2D eigenvalue weighted by molar-refractivity contribution is 7.80. The number of benzene rings is 1. The second-order valence-corrected chi connectivity index (χ2v) is 5.57. The molecule has 1 aliphatic rings. The smallest absolute Gasteiger partial charge is 0.254 e. The summed E-state index contributed by atoms with van der Waals surface area (Å²) in [5.41, 5.74) is 7.40. The van der Waals surface area contributed by atoms with Crippen LogP contribution in [-0.4, -0.2) is 35.5 Å². The molecule has 0 saturated carbocycles. The maximum Gasteiger partial charge on any atom is 0.254 e. The van der Waals surface area contributed by atoms with E-state index in [4.69, 9.17) is 22.7 Å². The Morgan fingerprint density at radius 3 is 2.85 bits per heavy atom. The lowest BCUT2D eigenvalue weighted by molar-refractivity contribution is 0.0681. The maximum absolute atomic E-state index is 12.6. The van der Waals surface area contributed by atoms with E-state index in [1.165, 1.54) is 0 Å². The molecule has 0 bridgehead atoms. The van der Waals surface area contributed by atoms with Crippen LogP contribution in [0.15, 0.2) is 18.2 Å². The Balaban J connectivity index is 2.27. The van der Waals surface area contributed by atoms with Gasteiger partial charge < -0.3 is 15.4 Å². The van der Waals surface area contributed by atoms with Crippen LogP contribution in [0.1, 0.15) is 35.2 Å². The molecule has 0 aromatic heterocycles. The molecule has 1 atom stereocenters. The van der Waals surface area contributed by atoms with Gasteiger partial charge >= 0.3 is 0 Å². The van der Waals surface area contributed by atoms with Crippen LogP contribution in [0, 0.1) is 6.92 Å². The normalized spacial score (nSPS) is 18.7. The molecule has 1 unspecified atom stereocenters. The van der Waals surface area contributed by atoms with E-state index in [0.29, 0.717) is 17.1 Å². The number of carbonyl (C=O) groups excluding carboxylic acids is 1. The highest BCUT2D eigenvalue weighted by Gasteiger charge is 2.29. The van der Waals surface area contributed by atoms with Crippen LogP contribution >= 0.6 is 12.2 Å². The molecule has 2 rings (SSSR count). The van der Waals surface area contributed by atoms with Crippen molar-refractivity contribution >= 4 is 23.1 Å². The molecular formula is C15H20N2O2S. The van der Waals surface area contributed by atoms with Crippen molar-refractivity contribution in [3.05, 3.63) is 29.3 Å². The van der Waals surface area contributed by atoms with Gasteiger partial charge in [-0.05, 0) is 43.9 Å². The van der Waals surface area contributed by atoms with Crippen molar-refractivity contribution in [2.24, 2.45) is 5.73 Å². The minimum atomic E-state index is -0.126. The summed E-state index contributed by atoms with van der Waals surface area (Å²) in [6, 6.07) is 5.37. The van der Waals surface area contributed by atoms with Crippen LogP contribution < -0.4 is 10.5 Å². The molecule has 0 radical (unpaired) electrons. The molecule has 1 saturated heterocycles. The van der Waals surface area contributed by atoms with Crippen molar-refractivity contribution in [2.75, 3.05) is 13.7 Å². The first kappa shape index (κ1) is 14.8. The quantitative estimate of drug-likeness (QED) is 0.868. The summed E-state index contributed by atoms with van der Waals surface area (Å²) in [6.07, 6.45) is 2.90. The third-order valence-electron chi connectivity index (χ3n) is 3.75. The third kappa shape index (κ3) is 2.93. The molecule has 0 spiro atoms. The van der Waals surface area contributed by atoms with Gasteiger partial charge in [-0.1, -0.05) is 18.3 Å². The predicted molar refractivity (Wildman–Crippen MR) is 83.2 cm³/mol. The molecule has 2 N–H and O–H groups in total. The molecule has 1 heterocycles. The van der Waals surface area contributed by atoms with E-state index in [0.717, 1.165) is 30.6 Å². The Kier molecular flexibility index (Phi) is 4.60. The average Bonchev–Trinajstić information content (AvgIpc) is 2.47. The van der Waals surface area contributed by atoms with Crippen molar-refractivity contribution in [1.82, 2.24) is 4.90 Å². The van der Waals surface area contributed by atoms with Crippen LogP contribution in [0.2, 0.25) is 0 Å². The first-order valence-electron chi connectivity index (χ1n) is 6.79. The Morgan fingerprint density at radius 1 is 1.45 bits per heavy atom. The molecule has 4 nitrogen and oxygen atoms in total. The molecule has 108 valence electrons. The van der Waals surface area contributed by atoms with Gasteiger partial charge in [0.05, 0.1) is 18.1 Å². The number of piperidine rings is 1. The number of hydrogen-bond acceptors (Lipinski definition) is 3. The predicted octanol–water partition coefficient (Wildman–Crippen LogP) is 2.28. The molecule has 1 aromatic rings. The first-order valence-corrected chi connectivity index (χ1v) is 7.20. The number of thiocarbonyl (C=S) groups is 1. The number of methoxy groups -OCH3 is 1. The largest absolute Gasteiger partial charge is 0.496 e. The van der Waals surface area contributed by atoms with Gasteiger partial charge in [0.15, 0.2) is 0 Å². The van der Waals surface area contributed by atoms with Gasteiger partial charge in [-0.25, -0.2) is 0 Å². The summed E-state index contributed by atoms with van der Waals surface area (Å²) in [7, 11) is 1.61. The molecular weight excluding hydrogens is 272 g/mol. The molecule has 20 heavy (non-hydrogen) atoms. The summed E-state index contributed by atoms with van der Waals surface area (Å²) < 4.78 is 5.28. The van der Waals surface area contributed by atoms with Crippen molar-refractivity contribution < 1.29 is 9.53 Å². The van der Waals surface area contributed by atoms with Crippen molar-refractivity contribution in [3.8, 4) is 5.75 Å². The van der Waals surface area contributed by atoms with E-state index in [-0.39, 0.29) is 11.9 Å².